The molecule has 0 saturated heterocycles. The number of rotatable bonds is 7. The molecule has 1 amide bonds. The number of carbonyl (C=O) groups is 1. The molecule has 3 N–H and O–H groups in total. The molecule has 4 nitrogen and oxygen atoms in total. The van der Waals surface area contributed by atoms with Crippen molar-refractivity contribution in [2.45, 2.75) is 38.5 Å². The Hall–Kier alpha value is -1.06. The van der Waals surface area contributed by atoms with E-state index < -0.39 is 0 Å². The van der Waals surface area contributed by atoms with Crippen molar-refractivity contribution < 1.29 is 9.53 Å². The van der Waals surface area contributed by atoms with Gasteiger partial charge in [0.05, 0.1) is 7.11 Å². The van der Waals surface area contributed by atoms with Crippen LogP contribution in [0.2, 0.25) is 0 Å². The lowest BCUT2D eigenvalue weighted by Gasteiger charge is -2.01. The maximum Gasteiger partial charge on any atom is 0.217 e. The second-order valence-electron chi connectivity index (χ2n) is 3.01. The smallest absolute Gasteiger partial charge is 0.217 e. The van der Waals surface area contributed by atoms with E-state index in [9.17, 15) is 4.79 Å². The second kappa shape index (κ2) is 7.58. The van der Waals surface area contributed by atoms with Crippen LogP contribution in [0.5, 0.6) is 0 Å². The van der Waals surface area contributed by atoms with Crippen molar-refractivity contribution in [1.82, 2.24) is 0 Å². The highest BCUT2D eigenvalue weighted by Crippen LogP contribution is 2.05. The summed E-state index contributed by atoms with van der Waals surface area (Å²) in [5.41, 5.74) is 4.98. The lowest BCUT2D eigenvalue weighted by atomic mass is 10.1. The number of nitrogens with two attached hydrogens (primary N) is 1. The molecule has 0 saturated carbocycles. The highest BCUT2D eigenvalue weighted by molar-refractivity contribution is 5.73. The molecule has 0 spiro atoms. The molecule has 76 valence electrons. The third-order valence-corrected chi connectivity index (χ3v) is 1.82. The highest BCUT2D eigenvalue weighted by Gasteiger charge is 1.97. The van der Waals surface area contributed by atoms with Crippen molar-refractivity contribution in [2.75, 3.05) is 7.11 Å². The summed E-state index contributed by atoms with van der Waals surface area (Å²) < 4.78 is 4.70. The van der Waals surface area contributed by atoms with Crippen LogP contribution in [0, 0.1) is 5.41 Å². The van der Waals surface area contributed by atoms with Gasteiger partial charge in [-0.3, -0.25) is 10.2 Å². The molecule has 0 fully saturated rings. The summed E-state index contributed by atoms with van der Waals surface area (Å²) in [6.45, 7) is 0. The number of ether oxygens (including phenoxy) is 1. The molecule has 0 atom stereocenters. The first-order valence-electron chi connectivity index (χ1n) is 4.56. The Kier molecular flexibility index (Phi) is 6.96. The number of hydrogen-bond acceptors (Lipinski definition) is 3. The van der Waals surface area contributed by atoms with Crippen LogP contribution in [0.3, 0.4) is 0 Å². The van der Waals surface area contributed by atoms with Gasteiger partial charge in [-0.1, -0.05) is 12.8 Å². The molecule has 13 heavy (non-hydrogen) atoms. The molecule has 0 radical (unpaired) electrons. The zero-order chi connectivity index (χ0) is 10.1. The van der Waals surface area contributed by atoms with Gasteiger partial charge in [0.2, 0.25) is 5.91 Å². The Morgan fingerprint density at radius 2 is 1.77 bits per heavy atom. The van der Waals surface area contributed by atoms with Gasteiger partial charge < -0.3 is 10.5 Å². The topological polar surface area (TPSA) is 76.2 Å². The maximum absolute atomic E-state index is 10.4. The second-order valence-corrected chi connectivity index (χ2v) is 3.01. The number of amides is 1. The maximum atomic E-state index is 10.4. The van der Waals surface area contributed by atoms with E-state index in [4.69, 9.17) is 15.9 Å². The zero-order valence-electron chi connectivity index (χ0n) is 8.14. The minimum Gasteiger partial charge on any atom is -0.484 e. The molecule has 0 rings (SSSR count). The third kappa shape index (κ3) is 8.85. The average Bonchev–Trinajstić information content (AvgIpc) is 2.10. The molecule has 0 aliphatic rings. The van der Waals surface area contributed by atoms with Gasteiger partial charge in [0.15, 0.2) is 5.90 Å². The van der Waals surface area contributed by atoms with Crippen molar-refractivity contribution in [2.24, 2.45) is 5.73 Å². The Morgan fingerprint density at radius 1 is 1.23 bits per heavy atom. The quantitative estimate of drug-likeness (QED) is 0.358. The first-order chi connectivity index (χ1) is 6.16. The van der Waals surface area contributed by atoms with Crippen LogP contribution in [0.1, 0.15) is 38.5 Å². The fourth-order valence-corrected chi connectivity index (χ4v) is 1.04. The van der Waals surface area contributed by atoms with E-state index in [2.05, 4.69) is 0 Å². The largest absolute Gasteiger partial charge is 0.484 e. The van der Waals surface area contributed by atoms with Gasteiger partial charge in [0, 0.05) is 12.8 Å². The molecular formula is C9H18N2O2. The summed E-state index contributed by atoms with van der Waals surface area (Å²) in [7, 11) is 1.51. The standard InChI is InChI=1S/C9H18N2O2/c1-13-9(11)7-5-3-2-4-6-8(10)12/h11H,2-7H2,1H3,(H2,10,12). The van der Waals surface area contributed by atoms with E-state index in [1.165, 1.54) is 7.11 Å². The van der Waals surface area contributed by atoms with E-state index in [1.54, 1.807) is 0 Å². The summed E-state index contributed by atoms with van der Waals surface area (Å²) in [5, 5.41) is 7.19. The first kappa shape index (κ1) is 11.9. The average molecular weight is 186 g/mol. The lowest BCUT2D eigenvalue weighted by Crippen LogP contribution is -2.09. The number of methoxy groups -OCH3 is 1. The SMILES string of the molecule is COC(=N)CCCCCCC(N)=O. The van der Waals surface area contributed by atoms with Crippen LogP contribution >= 0.6 is 0 Å². The van der Waals surface area contributed by atoms with Crippen molar-refractivity contribution >= 4 is 11.8 Å². The fourth-order valence-electron chi connectivity index (χ4n) is 1.04. The van der Waals surface area contributed by atoms with Crippen molar-refractivity contribution in [3.05, 3.63) is 0 Å². The van der Waals surface area contributed by atoms with E-state index >= 15 is 0 Å². The summed E-state index contributed by atoms with van der Waals surface area (Å²) in [5.74, 6) is 0.0968. The van der Waals surface area contributed by atoms with Gasteiger partial charge in [-0.15, -0.1) is 0 Å². The lowest BCUT2D eigenvalue weighted by molar-refractivity contribution is -0.118. The molecule has 0 heterocycles. The molecule has 4 heteroatoms. The van der Waals surface area contributed by atoms with Crippen LogP contribution in [0.25, 0.3) is 0 Å². The third-order valence-electron chi connectivity index (χ3n) is 1.82. The minimum absolute atomic E-state index is 0.232. The van der Waals surface area contributed by atoms with Gasteiger partial charge >= 0.3 is 0 Å². The van der Waals surface area contributed by atoms with Gasteiger partial charge in [-0.2, -0.15) is 0 Å². The normalized spacial score (nSPS) is 9.62. The predicted octanol–water partition coefficient (Wildman–Crippen LogP) is 1.44. The molecule has 0 bridgehead atoms. The van der Waals surface area contributed by atoms with Crippen LogP contribution in [-0.4, -0.2) is 18.9 Å². The van der Waals surface area contributed by atoms with Crippen molar-refractivity contribution in [1.29, 1.82) is 5.41 Å². The zero-order valence-corrected chi connectivity index (χ0v) is 8.14. The van der Waals surface area contributed by atoms with Gasteiger partial charge in [-0.05, 0) is 12.8 Å². The van der Waals surface area contributed by atoms with E-state index in [-0.39, 0.29) is 5.91 Å². The first-order valence-corrected chi connectivity index (χ1v) is 4.56. The van der Waals surface area contributed by atoms with Crippen LogP contribution in [0.4, 0.5) is 0 Å². The fraction of sp³-hybridized carbons (Fsp3) is 0.778. The van der Waals surface area contributed by atoms with E-state index in [1.807, 2.05) is 0 Å². The number of primary amides is 1. The van der Waals surface area contributed by atoms with Crippen molar-refractivity contribution in [3.8, 4) is 0 Å². The number of carbonyl (C=O) groups excluding carboxylic acids is 1. The Balaban J connectivity index is 3.08. The number of nitrogens with one attached hydrogen (secondary N) is 1. The number of hydrogen-bond donors (Lipinski definition) is 2. The molecule has 0 aliphatic heterocycles. The summed E-state index contributed by atoms with van der Waals surface area (Å²) >= 11 is 0. The Morgan fingerprint density at radius 3 is 2.23 bits per heavy atom. The Labute approximate surface area is 79.0 Å². The van der Waals surface area contributed by atoms with Crippen LogP contribution < -0.4 is 5.73 Å². The summed E-state index contributed by atoms with van der Waals surface area (Å²) in [6, 6.07) is 0. The summed E-state index contributed by atoms with van der Waals surface area (Å²) in [4.78, 5) is 10.4. The summed E-state index contributed by atoms with van der Waals surface area (Å²) in [6.07, 6.45) is 4.99. The Bertz CT molecular complexity index is 169. The molecule has 0 aromatic rings. The molecule has 0 aromatic heterocycles. The minimum atomic E-state index is -0.232. The predicted molar refractivity (Wildman–Crippen MR) is 51.6 cm³/mol. The van der Waals surface area contributed by atoms with Gasteiger partial charge in [0.1, 0.15) is 0 Å². The van der Waals surface area contributed by atoms with Crippen LogP contribution in [-0.2, 0) is 9.53 Å². The molecule has 0 aromatic carbocycles. The van der Waals surface area contributed by atoms with Gasteiger partial charge in [-0.25, -0.2) is 0 Å². The molecule has 0 aliphatic carbocycles. The van der Waals surface area contributed by atoms with Crippen molar-refractivity contribution in [3.63, 3.8) is 0 Å². The number of unbranched alkanes of at least 4 members (excludes halogenated alkanes) is 3. The monoisotopic (exact) mass is 186 g/mol. The highest BCUT2D eigenvalue weighted by atomic mass is 16.5. The van der Waals surface area contributed by atoms with E-state index in [0.29, 0.717) is 18.7 Å². The molecular weight excluding hydrogens is 168 g/mol. The molecule has 0 unspecified atom stereocenters. The van der Waals surface area contributed by atoms with Gasteiger partial charge in [0.25, 0.3) is 0 Å². The van der Waals surface area contributed by atoms with E-state index in [0.717, 1.165) is 25.7 Å². The van der Waals surface area contributed by atoms with Crippen LogP contribution in [0.15, 0.2) is 0 Å².